The van der Waals surface area contributed by atoms with Gasteiger partial charge in [0.05, 0.1) is 31.6 Å². The van der Waals surface area contributed by atoms with Gasteiger partial charge in [0, 0.05) is 19.0 Å². The van der Waals surface area contributed by atoms with Gasteiger partial charge in [-0.25, -0.2) is 13.8 Å². The second kappa shape index (κ2) is 11.4. The number of nitrogens with zero attached hydrogens (tertiary/aromatic N) is 6. The van der Waals surface area contributed by atoms with Crippen molar-refractivity contribution in [1.82, 2.24) is 24.7 Å². The highest BCUT2D eigenvalue weighted by Gasteiger charge is 2.24. The van der Waals surface area contributed by atoms with Crippen LogP contribution in [0.4, 0.5) is 26.1 Å². The Morgan fingerprint density at radius 2 is 1.78 bits per heavy atom. The molecule has 0 saturated carbocycles. The van der Waals surface area contributed by atoms with Crippen molar-refractivity contribution < 1.29 is 23.0 Å². The number of pyridine rings is 1. The highest BCUT2D eigenvalue weighted by atomic mass is 19.1. The number of hydrogen-bond donors (Lipinski definition) is 2. The van der Waals surface area contributed by atoms with E-state index in [1.54, 1.807) is 42.3 Å². The normalized spacial score (nSPS) is 11.0. The monoisotopic (exact) mass is 560 g/mol. The zero-order valence-electron chi connectivity index (χ0n) is 22.2. The lowest BCUT2D eigenvalue weighted by Crippen LogP contribution is -2.32. The minimum Gasteiger partial charge on any atom is -0.497 e. The first-order valence-corrected chi connectivity index (χ1v) is 12.4. The average molecular weight is 561 g/mol. The molecule has 13 heteroatoms. The van der Waals surface area contributed by atoms with Gasteiger partial charge in [0.15, 0.2) is 11.6 Å². The van der Waals surface area contributed by atoms with Crippen molar-refractivity contribution in [2.75, 3.05) is 37.1 Å². The van der Waals surface area contributed by atoms with E-state index in [1.165, 1.54) is 23.9 Å². The zero-order valence-corrected chi connectivity index (χ0v) is 22.2. The molecule has 3 heterocycles. The molecule has 3 aromatic heterocycles. The molecule has 0 unspecified atom stereocenters. The molecule has 0 spiro atoms. The minimum absolute atomic E-state index is 0.0528. The maximum Gasteiger partial charge on any atom is 0.325 e. The Kier molecular flexibility index (Phi) is 7.59. The van der Waals surface area contributed by atoms with Crippen LogP contribution in [-0.2, 0) is 22.5 Å². The van der Waals surface area contributed by atoms with E-state index in [4.69, 9.17) is 20.9 Å². The molecule has 5 aromatic rings. The van der Waals surface area contributed by atoms with Gasteiger partial charge in [-0.2, -0.15) is 19.7 Å². The minimum atomic E-state index is -0.615. The van der Waals surface area contributed by atoms with Crippen LogP contribution in [0.15, 0.2) is 60.8 Å². The van der Waals surface area contributed by atoms with Crippen LogP contribution in [0.25, 0.3) is 17.0 Å². The van der Waals surface area contributed by atoms with Crippen molar-refractivity contribution in [2.45, 2.75) is 13.0 Å². The van der Waals surface area contributed by atoms with Gasteiger partial charge in [0.1, 0.15) is 35.1 Å². The van der Waals surface area contributed by atoms with Gasteiger partial charge in [0.2, 0.25) is 0 Å². The summed E-state index contributed by atoms with van der Waals surface area (Å²) in [6.07, 6.45) is 1.14. The smallest absolute Gasteiger partial charge is 0.325 e. The van der Waals surface area contributed by atoms with E-state index in [9.17, 15) is 13.6 Å². The molecule has 0 atom stereocenters. The van der Waals surface area contributed by atoms with Gasteiger partial charge in [-0.1, -0.05) is 30.3 Å². The lowest BCUT2D eigenvalue weighted by molar-refractivity contribution is -0.138. The molecule has 0 aliphatic heterocycles. The number of benzene rings is 2. The van der Waals surface area contributed by atoms with E-state index >= 15 is 0 Å². The van der Waals surface area contributed by atoms with Crippen molar-refractivity contribution in [1.29, 1.82) is 0 Å². The van der Waals surface area contributed by atoms with Crippen molar-refractivity contribution in [3.05, 3.63) is 89.2 Å². The molecule has 0 aliphatic carbocycles. The molecule has 2 aromatic carbocycles. The van der Waals surface area contributed by atoms with Crippen molar-refractivity contribution in [3.63, 3.8) is 0 Å². The van der Waals surface area contributed by atoms with Crippen LogP contribution in [0.3, 0.4) is 0 Å². The third-order valence-electron chi connectivity index (χ3n) is 6.36. The number of carbonyl (C=O) groups is 1. The second-order valence-corrected chi connectivity index (χ2v) is 9.07. The summed E-state index contributed by atoms with van der Waals surface area (Å²) < 4.78 is 40.1. The molecule has 0 aliphatic rings. The molecule has 0 amide bonds. The largest absolute Gasteiger partial charge is 0.497 e. The van der Waals surface area contributed by atoms with E-state index in [0.29, 0.717) is 22.5 Å². The summed E-state index contributed by atoms with van der Waals surface area (Å²) >= 11 is 0. The number of nitrogens with two attached hydrogens (primary N) is 2. The molecular formula is C28H26F2N8O3. The lowest BCUT2D eigenvalue weighted by atomic mass is 10.1. The molecule has 0 bridgehead atoms. The van der Waals surface area contributed by atoms with Crippen LogP contribution in [0.1, 0.15) is 16.8 Å². The van der Waals surface area contributed by atoms with Crippen LogP contribution in [0.2, 0.25) is 0 Å². The van der Waals surface area contributed by atoms with Crippen molar-refractivity contribution >= 4 is 34.3 Å². The SMILES string of the molecule is COC(=O)CN(Cc1cccc(OC)c1)c1c(N)nc(-n2nc(Cc3ccccc3F)c3ncc(F)cc32)nc1N. The Hall–Kier alpha value is -5.33. The van der Waals surface area contributed by atoms with Crippen LogP contribution >= 0.6 is 0 Å². The van der Waals surface area contributed by atoms with Crippen LogP contribution < -0.4 is 21.1 Å². The lowest BCUT2D eigenvalue weighted by Gasteiger charge is -2.26. The Morgan fingerprint density at radius 3 is 2.49 bits per heavy atom. The van der Waals surface area contributed by atoms with Gasteiger partial charge in [0.25, 0.3) is 5.95 Å². The summed E-state index contributed by atoms with van der Waals surface area (Å²) in [5, 5.41) is 4.53. The van der Waals surface area contributed by atoms with E-state index in [0.717, 1.165) is 11.8 Å². The van der Waals surface area contributed by atoms with Crippen molar-refractivity contribution in [2.24, 2.45) is 0 Å². The topological polar surface area (TPSA) is 147 Å². The summed E-state index contributed by atoms with van der Waals surface area (Å²) in [6.45, 7) is 0.00740. The summed E-state index contributed by atoms with van der Waals surface area (Å²) in [7, 11) is 2.82. The van der Waals surface area contributed by atoms with E-state index in [1.807, 2.05) is 12.1 Å². The highest BCUT2D eigenvalue weighted by molar-refractivity contribution is 5.83. The Balaban J connectivity index is 1.57. The average Bonchev–Trinajstić information content (AvgIpc) is 3.31. The summed E-state index contributed by atoms with van der Waals surface area (Å²) in [4.78, 5) is 26.8. The van der Waals surface area contributed by atoms with Gasteiger partial charge in [-0.05, 0) is 29.3 Å². The molecule has 5 rings (SSSR count). The predicted octanol–water partition coefficient (Wildman–Crippen LogP) is 3.43. The Morgan fingerprint density at radius 1 is 1.02 bits per heavy atom. The molecule has 210 valence electrons. The summed E-state index contributed by atoms with van der Waals surface area (Å²) in [5.41, 5.74) is 15.1. The number of ether oxygens (including phenoxy) is 2. The second-order valence-electron chi connectivity index (χ2n) is 9.07. The Bertz CT molecular complexity index is 1720. The predicted molar refractivity (Wildman–Crippen MR) is 149 cm³/mol. The molecule has 4 N–H and O–H groups in total. The maximum absolute atomic E-state index is 14.4. The zero-order chi connectivity index (χ0) is 29.1. The first-order chi connectivity index (χ1) is 19.8. The van der Waals surface area contributed by atoms with Gasteiger partial charge in [-0.3, -0.25) is 4.79 Å². The first kappa shape index (κ1) is 27.2. The van der Waals surface area contributed by atoms with Crippen LogP contribution in [0, 0.1) is 11.6 Å². The number of aromatic nitrogens is 5. The molecule has 11 nitrogen and oxygen atoms in total. The van der Waals surface area contributed by atoms with Gasteiger partial charge >= 0.3 is 5.97 Å². The fourth-order valence-electron chi connectivity index (χ4n) is 4.45. The Labute approximate surface area is 233 Å². The van der Waals surface area contributed by atoms with E-state index in [-0.39, 0.29) is 48.3 Å². The van der Waals surface area contributed by atoms with E-state index in [2.05, 4.69) is 20.1 Å². The molecule has 0 saturated heterocycles. The third-order valence-corrected chi connectivity index (χ3v) is 6.36. The standard InChI is InChI=1S/C28H26F2N8O3/c1-40-19-8-5-6-16(10-19)14-37(15-23(39)41-2)25-26(31)34-28(35-27(25)32)38-22-12-18(29)13-33-24(22)21(36-38)11-17-7-3-4-9-20(17)30/h3-10,12-13H,11,14-15H2,1-2H3,(H4,31,32,34,35). The molecule has 41 heavy (non-hydrogen) atoms. The third kappa shape index (κ3) is 5.69. The number of hydrogen-bond acceptors (Lipinski definition) is 10. The number of nitrogen functional groups attached to an aromatic ring is 2. The fraction of sp³-hybridized carbons (Fsp3) is 0.179. The molecular weight excluding hydrogens is 534 g/mol. The molecule has 0 fully saturated rings. The highest BCUT2D eigenvalue weighted by Crippen LogP contribution is 2.31. The van der Waals surface area contributed by atoms with Gasteiger partial charge < -0.3 is 25.8 Å². The number of halogens is 2. The number of methoxy groups -OCH3 is 2. The molecule has 0 radical (unpaired) electrons. The summed E-state index contributed by atoms with van der Waals surface area (Å²) in [6, 6.07) is 14.7. The number of anilines is 3. The number of carbonyl (C=O) groups excluding carboxylic acids is 1. The summed E-state index contributed by atoms with van der Waals surface area (Å²) in [5.74, 6) is -1.09. The maximum atomic E-state index is 14.4. The van der Waals surface area contributed by atoms with Crippen molar-refractivity contribution in [3.8, 4) is 11.7 Å². The first-order valence-electron chi connectivity index (χ1n) is 12.4. The fourth-order valence-corrected chi connectivity index (χ4v) is 4.45. The van der Waals surface area contributed by atoms with Gasteiger partial charge in [-0.15, -0.1) is 0 Å². The number of rotatable bonds is 9. The van der Waals surface area contributed by atoms with E-state index < -0.39 is 17.6 Å². The number of esters is 1. The quantitative estimate of drug-likeness (QED) is 0.257. The van der Waals surface area contributed by atoms with Crippen LogP contribution in [-0.4, -0.2) is 51.5 Å². The van der Waals surface area contributed by atoms with Crippen LogP contribution in [0.5, 0.6) is 5.75 Å². The number of fused-ring (bicyclic) bond motifs is 1.